The van der Waals surface area contributed by atoms with Crippen LogP contribution in [0.2, 0.25) is 0 Å². The van der Waals surface area contributed by atoms with Gasteiger partial charge in [-0.15, -0.1) is 0 Å². The molecule has 0 aliphatic heterocycles. The van der Waals surface area contributed by atoms with Gasteiger partial charge in [0.05, 0.1) is 11.9 Å². The van der Waals surface area contributed by atoms with Gasteiger partial charge in [0.15, 0.2) is 0 Å². The minimum absolute atomic E-state index is 0.334. The van der Waals surface area contributed by atoms with Crippen LogP contribution in [0, 0.1) is 5.92 Å². The molecule has 2 nitrogen and oxygen atoms in total. The third kappa shape index (κ3) is 1.72. The van der Waals surface area contributed by atoms with Crippen molar-refractivity contribution in [3.8, 4) is 0 Å². The van der Waals surface area contributed by atoms with Crippen molar-refractivity contribution in [2.75, 3.05) is 0 Å². The van der Waals surface area contributed by atoms with E-state index in [0.29, 0.717) is 11.7 Å². The molecule has 0 saturated heterocycles. The van der Waals surface area contributed by atoms with E-state index in [1.165, 1.54) is 6.08 Å². The topological polar surface area (TPSA) is 40.5 Å². The molecule has 0 heterocycles. The van der Waals surface area contributed by atoms with Crippen LogP contribution in [0.4, 0.5) is 0 Å². The number of allylic oxidation sites excluding steroid dienone is 1. The molecule has 52 valence electrons. The zero-order valence-corrected chi connectivity index (χ0v) is 5.54. The van der Waals surface area contributed by atoms with E-state index in [1.807, 2.05) is 6.92 Å². The van der Waals surface area contributed by atoms with Gasteiger partial charge in [0.2, 0.25) is 0 Å². The summed E-state index contributed by atoms with van der Waals surface area (Å²) >= 11 is 0. The van der Waals surface area contributed by atoms with E-state index in [0.717, 1.165) is 12.8 Å². The summed E-state index contributed by atoms with van der Waals surface area (Å²) in [5.74, 6) is 0.756. The molecule has 0 aromatic carbocycles. The molecular weight excluding hydrogens is 116 g/mol. The first-order valence-electron chi connectivity index (χ1n) is 3.26. The van der Waals surface area contributed by atoms with Gasteiger partial charge in [-0.1, -0.05) is 6.92 Å². The molecule has 0 bridgehead atoms. The Morgan fingerprint density at radius 3 is 2.78 bits per heavy atom. The van der Waals surface area contributed by atoms with Crippen LogP contribution in [0.25, 0.3) is 0 Å². The minimum atomic E-state index is -0.422. The third-order valence-corrected chi connectivity index (χ3v) is 1.59. The first-order valence-corrected chi connectivity index (χ1v) is 3.26. The summed E-state index contributed by atoms with van der Waals surface area (Å²) in [6.45, 7) is 2.02. The van der Waals surface area contributed by atoms with Crippen LogP contribution in [0.15, 0.2) is 11.8 Å². The zero-order chi connectivity index (χ0) is 6.85. The zero-order valence-electron chi connectivity index (χ0n) is 5.54. The van der Waals surface area contributed by atoms with Crippen molar-refractivity contribution in [2.45, 2.75) is 25.9 Å². The number of hydrogen-bond donors (Lipinski definition) is 2. The van der Waals surface area contributed by atoms with Gasteiger partial charge < -0.3 is 10.2 Å². The standard InChI is InChI=1S/C7H12O2/c1-5-2-6(8)4-7(9)3-5/h4-6,8-9H,2-3H2,1H3. The van der Waals surface area contributed by atoms with Crippen molar-refractivity contribution in [1.29, 1.82) is 0 Å². The SMILES string of the molecule is CC1CC(O)=CC(O)C1. The fraction of sp³-hybridized carbons (Fsp3) is 0.714. The molecule has 0 saturated carbocycles. The average molecular weight is 128 g/mol. The van der Waals surface area contributed by atoms with E-state index >= 15 is 0 Å². The average Bonchev–Trinajstić information content (AvgIpc) is 1.59. The van der Waals surface area contributed by atoms with E-state index < -0.39 is 6.10 Å². The second-order valence-corrected chi connectivity index (χ2v) is 2.77. The second kappa shape index (κ2) is 2.40. The molecule has 1 aliphatic carbocycles. The lowest BCUT2D eigenvalue weighted by molar-refractivity contribution is 0.164. The maximum Gasteiger partial charge on any atom is 0.0911 e. The van der Waals surface area contributed by atoms with Gasteiger partial charge in [0.1, 0.15) is 0 Å². The van der Waals surface area contributed by atoms with Crippen molar-refractivity contribution in [3.05, 3.63) is 11.8 Å². The highest BCUT2D eigenvalue weighted by Crippen LogP contribution is 2.21. The molecule has 0 spiro atoms. The molecule has 2 heteroatoms. The van der Waals surface area contributed by atoms with E-state index in [2.05, 4.69) is 0 Å². The fourth-order valence-electron chi connectivity index (χ4n) is 1.21. The van der Waals surface area contributed by atoms with Gasteiger partial charge in [0.25, 0.3) is 0 Å². The molecule has 0 amide bonds. The fourth-order valence-corrected chi connectivity index (χ4v) is 1.21. The highest BCUT2D eigenvalue weighted by Gasteiger charge is 2.15. The highest BCUT2D eigenvalue weighted by molar-refractivity contribution is 5.01. The molecule has 0 fully saturated rings. The molecule has 9 heavy (non-hydrogen) atoms. The van der Waals surface area contributed by atoms with Crippen LogP contribution < -0.4 is 0 Å². The summed E-state index contributed by atoms with van der Waals surface area (Å²) in [5.41, 5.74) is 0. The predicted octanol–water partition coefficient (Wildman–Crippen LogP) is 1.22. The van der Waals surface area contributed by atoms with Crippen molar-refractivity contribution in [2.24, 2.45) is 5.92 Å². The van der Waals surface area contributed by atoms with Crippen molar-refractivity contribution in [1.82, 2.24) is 0 Å². The minimum Gasteiger partial charge on any atom is -0.513 e. The Morgan fingerprint density at radius 1 is 1.67 bits per heavy atom. The van der Waals surface area contributed by atoms with Crippen LogP contribution in [-0.4, -0.2) is 16.3 Å². The Balaban J connectivity index is 2.56. The second-order valence-electron chi connectivity index (χ2n) is 2.77. The first-order chi connectivity index (χ1) is 4.18. The Hall–Kier alpha value is -0.500. The van der Waals surface area contributed by atoms with Crippen LogP contribution in [0.1, 0.15) is 19.8 Å². The lowest BCUT2D eigenvalue weighted by Crippen LogP contribution is -2.15. The smallest absolute Gasteiger partial charge is 0.0911 e. The molecule has 2 atom stereocenters. The first kappa shape index (κ1) is 6.62. The van der Waals surface area contributed by atoms with E-state index in [4.69, 9.17) is 10.2 Å². The Labute approximate surface area is 54.8 Å². The summed E-state index contributed by atoms with van der Waals surface area (Å²) in [6.07, 6.45) is 2.59. The molecule has 2 unspecified atom stereocenters. The molecular formula is C7H12O2. The quantitative estimate of drug-likeness (QED) is 0.515. The van der Waals surface area contributed by atoms with Crippen LogP contribution in [0.3, 0.4) is 0 Å². The molecule has 0 radical (unpaired) electrons. The Morgan fingerprint density at radius 2 is 2.33 bits per heavy atom. The van der Waals surface area contributed by atoms with Crippen LogP contribution in [-0.2, 0) is 0 Å². The van der Waals surface area contributed by atoms with Gasteiger partial charge in [-0.05, 0) is 18.4 Å². The highest BCUT2D eigenvalue weighted by atomic mass is 16.3. The molecule has 2 N–H and O–H groups in total. The predicted molar refractivity (Wildman–Crippen MR) is 35.1 cm³/mol. The maximum absolute atomic E-state index is 9.01. The lowest BCUT2D eigenvalue weighted by atomic mass is 9.93. The Bertz CT molecular complexity index is 129. The summed E-state index contributed by atoms with van der Waals surface area (Å²) in [6, 6.07) is 0. The van der Waals surface area contributed by atoms with Gasteiger partial charge in [-0.2, -0.15) is 0 Å². The maximum atomic E-state index is 9.01. The lowest BCUT2D eigenvalue weighted by Gasteiger charge is -2.18. The van der Waals surface area contributed by atoms with Crippen LogP contribution in [0.5, 0.6) is 0 Å². The number of aliphatic hydroxyl groups excluding tert-OH is 2. The summed E-state index contributed by atoms with van der Waals surface area (Å²) in [5, 5.41) is 18.0. The van der Waals surface area contributed by atoms with E-state index in [9.17, 15) is 0 Å². The van der Waals surface area contributed by atoms with E-state index in [1.54, 1.807) is 0 Å². The monoisotopic (exact) mass is 128 g/mol. The van der Waals surface area contributed by atoms with Crippen molar-refractivity contribution >= 4 is 0 Å². The number of hydrogen-bond acceptors (Lipinski definition) is 2. The van der Waals surface area contributed by atoms with Crippen molar-refractivity contribution in [3.63, 3.8) is 0 Å². The normalized spacial score (nSPS) is 36.0. The molecule has 0 aromatic heterocycles. The van der Waals surface area contributed by atoms with Gasteiger partial charge in [-0.3, -0.25) is 0 Å². The van der Waals surface area contributed by atoms with Gasteiger partial charge in [0, 0.05) is 6.42 Å². The third-order valence-electron chi connectivity index (χ3n) is 1.59. The van der Waals surface area contributed by atoms with Gasteiger partial charge in [-0.25, -0.2) is 0 Å². The van der Waals surface area contributed by atoms with Gasteiger partial charge >= 0.3 is 0 Å². The van der Waals surface area contributed by atoms with E-state index in [-0.39, 0.29) is 0 Å². The molecule has 0 aromatic rings. The van der Waals surface area contributed by atoms with Crippen LogP contribution >= 0.6 is 0 Å². The molecule has 1 aliphatic rings. The summed E-state index contributed by atoms with van der Waals surface area (Å²) in [4.78, 5) is 0. The largest absolute Gasteiger partial charge is 0.513 e. The number of aliphatic hydroxyl groups is 2. The Kier molecular flexibility index (Phi) is 1.76. The summed E-state index contributed by atoms with van der Waals surface area (Å²) in [7, 11) is 0. The summed E-state index contributed by atoms with van der Waals surface area (Å²) < 4.78 is 0. The number of rotatable bonds is 0. The van der Waals surface area contributed by atoms with Crippen molar-refractivity contribution < 1.29 is 10.2 Å². The molecule has 1 rings (SSSR count).